The third-order valence-electron chi connectivity index (χ3n) is 4.29. The number of benzene rings is 1. The molecule has 2 heterocycles. The van der Waals surface area contributed by atoms with Crippen LogP contribution in [0.25, 0.3) is 10.8 Å². The van der Waals surface area contributed by atoms with Gasteiger partial charge in [-0.15, -0.1) is 0 Å². The molecule has 3 rings (SSSR count). The number of hydrogen-bond donors (Lipinski definition) is 2. The van der Waals surface area contributed by atoms with Gasteiger partial charge in [0, 0.05) is 12.4 Å². The minimum atomic E-state index is -0.677. The van der Waals surface area contributed by atoms with Crippen molar-refractivity contribution in [3.63, 3.8) is 0 Å². The van der Waals surface area contributed by atoms with Crippen molar-refractivity contribution < 1.29 is 23.5 Å². The summed E-state index contributed by atoms with van der Waals surface area (Å²) in [6, 6.07) is 10.2. The number of aromatic nitrogens is 2. The fraction of sp³-hybridized carbons (Fsp3) is 0.250. The standard InChI is InChI=1S/C20H20N4O6/c1-24(11-17(25)21-10-13-5-4-8-29-13)18(26)12-30-19(27)9-16-14-6-2-3-7-15(14)20(28)23-22-16/h2-8H,9-12H2,1H3,(H,21,25)(H,23,28). The quantitative estimate of drug-likeness (QED) is 0.511. The molecule has 3 aromatic rings. The molecule has 2 aromatic heterocycles. The van der Waals surface area contributed by atoms with Crippen LogP contribution < -0.4 is 10.9 Å². The van der Waals surface area contributed by atoms with Crippen molar-refractivity contribution in [1.82, 2.24) is 20.4 Å². The van der Waals surface area contributed by atoms with Crippen LogP contribution in [0.5, 0.6) is 0 Å². The molecule has 0 unspecified atom stereocenters. The van der Waals surface area contributed by atoms with Crippen LogP contribution in [0.1, 0.15) is 11.5 Å². The van der Waals surface area contributed by atoms with Gasteiger partial charge in [0.25, 0.3) is 11.5 Å². The normalized spacial score (nSPS) is 10.6. The number of carbonyl (C=O) groups is 3. The zero-order chi connectivity index (χ0) is 21.5. The van der Waals surface area contributed by atoms with Gasteiger partial charge in [0.1, 0.15) is 5.76 Å². The number of fused-ring (bicyclic) bond motifs is 1. The van der Waals surface area contributed by atoms with Gasteiger partial charge < -0.3 is 19.4 Å². The van der Waals surface area contributed by atoms with Gasteiger partial charge in [0.15, 0.2) is 6.61 Å². The summed E-state index contributed by atoms with van der Waals surface area (Å²) in [6.07, 6.45) is 1.29. The van der Waals surface area contributed by atoms with E-state index < -0.39 is 18.5 Å². The number of nitrogens with zero attached hydrogens (tertiary/aromatic N) is 2. The van der Waals surface area contributed by atoms with E-state index in [1.54, 1.807) is 36.4 Å². The molecule has 0 spiro atoms. The van der Waals surface area contributed by atoms with Crippen molar-refractivity contribution in [2.24, 2.45) is 0 Å². The van der Waals surface area contributed by atoms with Crippen LogP contribution >= 0.6 is 0 Å². The van der Waals surface area contributed by atoms with Gasteiger partial charge in [0.2, 0.25) is 5.91 Å². The molecule has 10 nitrogen and oxygen atoms in total. The lowest BCUT2D eigenvalue weighted by Crippen LogP contribution is -2.40. The molecule has 0 saturated carbocycles. The summed E-state index contributed by atoms with van der Waals surface area (Å²) < 4.78 is 10.1. The molecule has 2 N–H and O–H groups in total. The minimum absolute atomic E-state index is 0.191. The van der Waals surface area contributed by atoms with Gasteiger partial charge in [0.05, 0.1) is 36.9 Å². The number of H-pyrrole nitrogens is 1. The lowest BCUT2D eigenvalue weighted by Gasteiger charge is -2.16. The maximum absolute atomic E-state index is 12.1. The van der Waals surface area contributed by atoms with Crippen LogP contribution in [0.4, 0.5) is 0 Å². The van der Waals surface area contributed by atoms with E-state index in [0.717, 1.165) is 4.90 Å². The lowest BCUT2D eigenvalue weighted by molar-refractivity contribution is -0.151. The Morgan fingerprint density at radius 3 is 2.67 bits per heavy atom. The smallest absolute Gasteiger partial charge is 0.312 e. The summed E-state index contributed by atoms with van der Waals surface area (Å²) >= 11 is 0. The molecule has 0 aliphatic carbocycles. The van der Waals surface area contributed by atoms with Crippen LogP contribution in [0.3, 0.4) is 0 Å². The summed E-state index contributed by atoms with van der Waals surface area (Å²) in [5.74, 6) is -0.994. The van der Waals surface area contributed by atoms with Gasteiger partial charge in [-0.05, 0) is 18.2 Å². The monoisotopic (exact) mass is 412 g/mol. The maximum atomic E-state index is 12.1. The Hall–Kier alpha value is -3.95. The van der Waals surface area contributed by atoms with Crippen LogP contribution in [-0.4, -0.2) is 53.1 Å². The molecule has 30 heavy (non-hydrogen) atoms. The van der Waals surface area contributed by atoms with E-state index in [1.807, 2.05) is 0 Å². The number of furan rings is 1. The minimum Gasteiger partial charge on any atom is -0.467 e. The molecular formula is C20H20N4O6. The van der Waals surface area contributed by atoms with Crippen molar-refractivity contribution in [1.29, 1.82) is 0 Å². The highest BCUT2D eigenvalue weighted by atomic mass is 16.5. The van der Waals surface area contributed by atoms with Crippen molar-refractivity contribution >= 4 is 28.6 Å². The van der Waals surface area contributed by atoms with Gasteiger partial charge in [-0.3, -0.25) is 19.2 Å². The Morgan fingerprint density at radius 1 is 1.17 bits per heavy atom. The Balaban J connectivity index is 1.47. The number of nitrogens with one attached hydrogen (secondary N) is 2. The van der Waals surface area contributed by atoms with Gasteiger partial charge in [-0.25, -0.2) is 5.10 Å². The topological polar surface area (TPSA) is 135 Å². The largest absolute Gasteiger partial charge is 0.467 e. The first-order chi connectivity index (χ1) is 14.4. The molecule has 0 aliphatic heterocycles. The predicted octanol–water partition coefficient (Wildman–Crippen LogP) is 0.377. The molecule has 10 heteroatoms. The zero-order valence-electron chi connectivity index (χ0n) is 16.2. The maximum Gasteiger partial charge on any atom is 0.312 e. The first kappa shape index (κ1) is 20.8. The van der Waals surface area contributed by atoms with Gasteiger partial charge in [-0.1, -0.05) is 18.2 Å². The predicted molar refractivity (Wildman–Crippen MR) is 105 cm³/mol. The Labute approximate surface area is 170 Å². The molecular weight excluding hydrogens is 392 g/mol. The zero-order valence-corrected chi connectivity index (χ0v) is 16.2. The van der Waals surface area contributed by atoms with E-state index in [1.165, 1.54) is 13.3 Å². The van der Waals surface area contributed by atoms with E-state index in [9.17, 15) is 19.2 Å². The molecule has 0 fully saturated rings. The van der Waals surface area contributed by atoms with E-state index in [4.69, 9.17) is 9.15 Å². The number of carbonyl (C=O) groups excluding carboxylic acids is 3. The average Bonchev–Trinajstić information content (AvgIpc) is 3.26. The Kier molecular flexibility index (Phi) is 6.58. The fourth-order valence-corrected chi connectivity index (χ4v) is 2.70. The Bertz CT molecular complexity index is 1110. The van der Waals surface area contributed by atoms with Crippen molar-refractivity contribution in [2.75, 3.05) is 20.2 Å². The molecule has 0 aliphatic rings. The van der Waals surface area contributed by atoms with E-state index in [0.29, 0.717) is 22.2 Å². The second-order valence-corrected chi connectivity index (χ2v) is 6.49. The molecule has 0 saturated heterocycles. The number of amides is 2. The Morgan fingerprint density at radius 2 is 1.93 bits per heavy atom. The second-order valence-electron chi connectivity index (χ2n) is 6.49. The van der Waals surface area contributed by atoms with E-state index in [2.05, 4.69) is 15.5 Å². The van der Waals surface area contributed by atoms with Crippen molar-refractivity contribution in [3.05, 3.63) is 64.5 Å². The molecule has 0 atom stereocenters. The fourth-order valence-electron chi connectivity index (χ4n) is 2.70. The van der Waals surface area contributed by atoms with Crippen molar-refractivity contribution in [3.8, 4) is 0 Å². The van der Waals surface area contributed by atoms with E-state index in [-0.39, 0.29) is 31.0 Å². The van der Waals surface area contributed by atoms with Crippen LogP contribution in [-0.2, 0) is 32.1 Å². The number of aromatic amines is 1. The van der Waals surface area contributed by atoms with Crippen LogP contribution in [0, 0.1) is 0 Å². The number of hydrogen-bond acceptors (Lipinski definition) is 7. The molecule has 156 valence electrons. The third kappa shape index (κ3) is 5.31. The van der Waals surface area contributed by atoms with Crippen LogP contribution in [0.2, 0.25) is 0 Å². The summed E-state index contributed by atoms with van der Waals surface area (Å²) in [5, 5.41) is 9.79. The number of esters is 1. The lowest BCUT2D eigenvalue weighted by atomic mass is 10.1. The number of rotatable bonds is 8. The summed E-state index contributed by atoms with van der Waals surface area (Å²) in [5.41, 5.74) is -0.0156. The SMILES string of the molecule is CN(CC(=O)NCc1ccco1)C(=O)COC(=O)Cc1n[nH]c(=O)c2ccccc12. The highest BCUT2D eigenvalue weighted by Crippen LogP contribution is 2.13. The van der Waals surface area contributed by atoms with Gasteiger partial charge >= 0.3 is 5.97 Å². The van der Waals surface area contributed by atoms with Crippen molar-refractivity contribution in [2.45, 2.75) is 13.0 Å². The highest BCUT2D eigenvalue weighted by Gasteiger charge is 2.17. The molecule has 2 amide bonds. The average molecular weight is 412 g/mol. The molecule has 1 aromatic carbocycles. The summed E-state index contributed by atoms with van der Waals surface area (Å²) in [4.78, 5) is 49.1. The van der Waals surface area contributed by atoms with Crippen LogP contribution in [0.15, 0.2) is 51.9 Å². The molecule has 0 radical (unpaired) electrons. The first-order valence-electron chi connectivity index (χ1n) is 9.09. The van der Waals surface area contributed by atoms with Gasteiger partial charge in [-0.2, -0.15) is 5.10 Å². The third-order valence-corrected chi connectivity index (χ3v) is 4.29. The number of ether oxygens (including phenoxy) is 1. The van der Waals surface area contributed by atoms with E-state index >= 15 is 0 Å². The summed E-state index contributed by atoms with van der Waals surface area (Å²) in [7, 11) is 1.43. The highest BCUT2D eigenvalue weighted by molar-refractivity contribution is 5.88. The second kappa shape index (κ2) is 9.50. The summed E-state index contributed by atoms with van der Waals surface area (Å²) in [6.45, 7) is -0.492. The molecule has 0 bridgehead atoms. The first-order valence-corrected chi connectivity index (χ1v) is 9.09. The number of likely N-dealkylation sites (N-methyl/N-ethyl adjacent to an activating group) is 1.